The van der Waals surface area contributed by atoms with Crippen molar-refractivity contribution in [2.75, 3.05) is 19.6 Å². The molecule has 1 saturated heterocycles. The van der Waals surface area contributed by atoms with Crippen LogP contribution in [0.25, 0.3) is 16.9 Å². The van der Waals surface area contributed by atoms with E-state index in [1.165, 1.54) is 12.1 Å². The van der Waals surface area contributed by atoms with Crippen LogP contribution in [0.1, 0.15) is 57.6 Å². The highest BCUT2D eigenvalue weighted by atomic mass is 19.1. The first-order valence-corrected chi connectivity index (χ1v) is 11.8. The zero-order valence-electron chi connectivity index (χ0n) is 21.1. The summed E-state index contributed by atoms with van der Waals surface area (Å²) >= 11 is 0. The van der Waals surface area contributed by atoms with Crippen LogP contribution in [-0.2, 0) is 11.2 Å². The quantitative estimate of drug-likeness (QED) is 0.548. The Hall–Kier alpha value is -3.49. The second-order valence-electron chi connectivity index (χ2n) is 10.5. The maximum atomic E-state index is 13.5. The van der Waals surface area contributed by atoms with Gasteiger partial charge in [0.05, 0.1) is 17.4 Å². The van der Waals surface area contributed by atoms with Crippen LogP contribution in [0.5, 0.6) is 0 Å². The molecule has 1 aromatic carbocycles. The Morgan fingerprint density at radius 1 is 1.14 bits per heavy atom. The van der Waals surface area contributed by atoms with E-state index in [-0.39, 0.29) is 17.8 Å². The molecule has 0 radical (unpaired) electrons. The molecule has 0 bridgehead atoms. The van der Waals surface area contributed by atoms with E-state index in [1.54, 1.807) is 32.6 Å². The summed E-state index contributed by atoms with van der Waals surface area (Å²) in [7, 11) is 0. The molecule has 35 heavy (non-hydrogen) atoms. The van der Waals surface area contributed by atoms with Gasteiger partial charge in [-0.3, -0.25) is 4.79 Å². The fourth-order valence-corrected chi connectivity index (χ4v) is 4.32. The largest absolute Gasteiger partial charge is 0.444 e. The Morgan fingerprint density at radius 3 is 2.43 bits per heavy atom. The Balaban J connectivity index is 1.60. The molecule has 9 heteroatoms. The zero-order valence-corrected chi connectivity index (χ0v) is 21.1. The number of ether oxygens (including phenoxy) is 1. The molecule has 1 aliphatic heterocycles. The van der Waals surface area contributed by atoms with E-state index in [4.69, 9.17) is 4.74 Å². The van der Waals surface area contributed by atoms with E-state index < -0.39 is 11.1 Å². The fourth-order valence-electron chi connectivity index (χ4n) is 4.32. The first kappa shape index (κ1) is 24.6. The molecular weight excluding hydrogens is 449 g/mol. The SMILES string of the molecule is CCc1cc(-c2ccc(F)cc2)nn2cc(C(=O)N3CCN(C(=O)OC(C)(C)C)CC3(C)C)nc12. The normalized spacial score (nSPS) is 16.0. The number of aryl methyl sites for hydroxylation is 1. The maximum Gasteiger partial charge on any atom is 0.410 e. The fraction of sp³-hybridized carbons (Fsp3) is 0.462. The summed E-state index contributed by atoms with van der Waals surface area (Å²) in [6, 6.07) is 8.08. The van der Waals surface area contributed by atoms with Gasteiger partial charge < -0.3 is 14.5 Å². The monoisotopic (exact) mass is 481 g/mol. The van der Waals surface area contributed by atoms with E-state index in [2.05, 4.69) is 10.1 Å². The highest BCUT2D eigenvalue weighted by Gasteiger charge is 2.40. The van der Waals surface area contributed by atoms with Crippen molar-refractivity contribution in [2.24, 2.45) is 0 Å². The number of halogens is 1. The summed E-state index contributed by atoms with van der Waals surface area (Å²) in [5.74, 6) is -0.523. The van der Waals surface area contributed by atoms with Gasteiger partial charge in [-0.05, 0) is 76.9 Å². The second-order valence-corrected chi connectivity index (χ2v) is 10.5. The molecule has 0 aliphatic carbocycles. The molecule has 0 atom stereocenters. The average Bonchev–Trinajstić information content (AvgIpc) is 3.21. The Kier molecular flexibility index (Phi) is 6.29. The lowest BCUT2D eigenvalue weighted by Gasteiger charge is -2.46. The number of hydrogen-bond donors (Lipinski definition) is 0. The molecule has 186 valence electrons. The first-order valence-electron chi connectivity index (χ1n) is 11.8. The van der Waals surface area contributed by atoms with Gasteiger partial charge in [0.1, 0.15) is 17.1 Å². The number of imidazole rings is 1. The van der Waals surface area contributed by atoms with E-state index in [9.17, 15) is 14.0 Å². The smallest absolute Gasteiger partial charge is 0.410 e. The predicted molar refractivity (Wildman–Crippen MR) is 131 cm³/mol. The molecule has 2 amide bonds. The molecule has 1 aliphatic rings. The van der Waals surface area contributed by atoms with Crippen molar-refractivity contribution in [3.8, 4) is 11.3 Å². The van der Waals surface area contributed by atoms with Gasteiger partial charge >= 0.3 is 6.09 Å². The maximum absolute atomic E-state index is 13.5. The molecule has 1 fully saturated rings. The highest BCUT2D eigenvalue weighted by molar-refractivity contribution is 5.93. The van der Waals surface area contributed by atoms with E-state index in [0.717, 1.165) is 11.1 Å². The van der Waals surface area contributed by atoms with Crippen molar-refractivity contribution >= 4 is 17.6 Å². The summed E-state index contributed by atoms with van der Waals surface area (Å²) < 4.78 is 20.5. The molecule has 2 aromatic heterocycles. The number of carbonyl (C=O) groups excluding carboxylic acids is 2. The molecule has 0 spiro atoms. The Bertz CT molecular complexity index is 1260. The number of hydrogen-bond acceptors (Lipinski definition) is 5. The first-order chi connectivity index (χ1) is 16.4. The minimum absolute atomic E-state index is 0.213. The number of rotatable bonds is 3. The minimum atomic E-state index is -0.609. The minimum Gasteiger partial charge on any atom is -0.444 e. The van der Waals surface area contributed by atoms with Crippen LogP contribution in [-0.4, -0.2) is 67.2 Å². The molecule has 8 nitrogen and oxygen atoms in total. The molecule has 4 rings (SSSR count). The van der Waals surface area contributed by atoms with E-state index >= 15 is 0 Å². The van der Waals surface area contributed by atoms with Crippen LogP contribution >= 0.6 is 0 Å². The van der Waals surface area contributed by atoms with Gasteiger partial charge in [0.2, 0.25) is 0 Å². The Morgan fingerprint density at radius 2 is 1.83 bits per heavy atom. The number of aromatic nitrogens is 3. The van der Waals surface area contributed by atoms with E-state index in [0.29, 0.717) is 43.1 Å². The average molecular weight is 482 g/mol. The molecule has 3 aromatic rings. The summed E-state index contributed by atoms with van der Waals surface area (Å²) in [6.45, 7) is 12.5. The lowest BCUT2D eigenvalue weighted by Crippen LogP contribution is -2.62. The van der Waals surface area contributed by atoms with Crippen LogP contribution in [0.2, 0.25) is 0 Å². The number of nitrogens with zero attached hydrogens (tertiary/aromatic N) is 5. The molecule has 0 N–H and O–H groups in total. The topological polar surface area (TPSA) is 80.0 Å². The van der Waals surface area contributed by atoms with Crippen molar-refractivity contribution in [3.63, 3.8) is 0 Å². The van der Waals surface area contributed by atoms with Crippen molar-refractivity contribution in [3.05, 3.63) is 53.6 Å². The Labute approximate surface area is 204 Å². The summed E-state index contributed by atoms with van der Waals surface area (Å²) in [5, 5.41) is 4.63. The van der Waals surface area contributed by atoms with Gasteiger partial charge in [-0.2, -0.15) is 5.10 Å². The van der Waals surface area contributed by atoms with Crippen molar-refractivity contribution in [1.29, 1.82) is 0 Å². The summed E-state index contributed by atoms with van der Waals surface area (Å²) in [6.07, 6.45) is 1.96. The number of fused-ring (bicyclic) bond motifs is 1. The summed E-state index contributed by atoms with van der Waals surface area (Å²) in [5.41, 5.74) is 2.12. The van der Waals surface area contributed by atoms with Crippen LogP contribution in [0.4, 0.5) is 9.18 Å². The van der Waals surface area contributed by atoms with Gasteiger partial charge in [0.25, 0.3) is 5.91 Å². The lowest BCUT2D eigenvalue weighted by atomic mass is 9.98. The van der Waals surface area contributed by atoms with Crippen molar-refractivity contribution < 1.29 is 18.7 Å². The van der Waals surface area contributed by atoms with Gasteiger partial charge in [0.15, 0.2) is 5.65 Å². The molecular formula is C26H32FN5O3. The molecule has 3 heterocycles. The van der Waals surface area contributed by atoms with Crippen molar-refractivity contribution in [1.82, 2.24) is 24.4 Å². The second kappa shape index (κ2) is 8.94. The molecule has 0 unspecified atom stereocenters. The number of benzene rings is 1. The van der Waals surface area contributed by atoms with Crippen LogP contribution in [0.3, 0.4) is 0 Å². The third-order valence-corrected chi connectivity index (χ3v) is 6.04. The van der Waals surface area contributed by atoms with E-state index in [1.807, 2.05) is 47.6 Å². The number of carbonyl (C=O) groups is 2. The van der Waals surface area contributed by atoms with Crippen molar-refractivity contribution in [2.45, 2.75) is 59.1 Å². The summed E-state index contributed by atoms with van der Waals surface area (Å²) in [4.78, 5) is 34.1. The van der Waals surface area contributed by atoms with Gasteiger partial charge in [0, 0.05) is 25.2 Å². The van der Waals surface area contributed by atoms with Crippen LogP contribution < -0.4 is 0 Å². The standard InChI is InChI=1S/C26H32FN5O3/c1-7-17-14-20(18-8-10-19(27)11-9-18)29-32-15-21(28-22(17)32)23(33)31-13-12-30(16-26(31,5)6)24(34)35-25(2,3)4/h8-11,14-15H,7,12-13,16H2,1-6H3. The zero-order chi connectivity index (χ0) is 25.5. The highest BCUT2D eigenvalue weighted by Crippen LogP contribution is 2.26. The third kappa shape index (κ3) is 5.13. The third-order valence-electron chi connectivity index (χ3n) is 6.04. The van der Waals surface area contributed by atoms with Gasteiger partial charge in [-0.1, -0.05) is 6.92 Å². The predicted octanol–water partition coefficient (Wildman–Crippen LogP) is 4.57. The number of piperazine rings is 1. The lowest BCUT2D eigenvalue weighted by molar-refractivity contribution is -0.0110. The van der Waals surface area contributed by atoms with Gasteiger partial charge in [-0.15, -0.1) is 0 Å². The van der Waals surface area contributed by atoms with Crippen LogP contribution in [0, 0.1) is 5.82 Å². The number of amides is 2. The molecule has 0 saturated carbocycles. The van der Waals surface area contributed by atoms with Crippen LogP contribution in [0.15, 0.2) is 36.5 Å². The van der Waals surface area contributed by atoms with Gasteiger partial charge in [-0.25, -0.2) is 18.7 Å².